The maximum atomic E-state index is 13.4. The molecule has 13 heteroatoms. The molecule has 2 aromatic heterocycles. The van der Waals surface area contributed by atoms with Gasteiger partial charge in [0, 0.05) is 75.1 Å². The van der Waals surface area contributed by atoms with E-state index in [1.807, 2.05) is 52.9 Å². The van der Waals surface area contributed by atoms with Crippen LogP contribution in [-0.2, 0) is 23.2 Å². The molecule has 2 amide bonds. The van der Waals surface area contributed by atoms with Gasteiger partial charge in [0.25, 0.3) is 5.91 Å². The van der Waals surface area contributed by atoms with E-state index in [4.69, 9.17) is 25.4 Å². The number of hydrogen-bond donors (Lipinski definition) is 3. The van der Waals surface area contributed by atoms with Crippen molar-refractivity contribution in [3.8, 4) is 17.4 Å². The van der Waals surface area contributed by atoms with E-state index in [9.17, 15) is 19.2 Å². The van der Waals surface area contributed by atoms with Crippen molar-refractivity contribution in [1.29, 1.82) is 0 Å². The van der Waals surface area contributed by atoms with E-state index in [1.54, 1.807) is 19.2 Å². The van der Waals surface area contributed by atoms with E-state index in [0.29, 0.717) is 48.1 Å². The number of aliphatic carboxylic acids is 2. The summed E-state index contributed by atoms with van der Waals surface area (Å²) < 4.78 is 13.0. The summed E-state index contributed by atoms with van der Waals surface area (Å²) in [6.45, 7) is 3.85. The molecule has 5 rings (SSSR count). The molecule has 2 aromatic carbocycles. The fraction of sp³-hybridized carbons (Fsp3) is 0.219. The van der Waals surface area contributed by atoms with Crippen molar-refractivity contribution in [2.45, 2.75) is 6.54 Å². The largest absolute Gasteiger partial charge is 0.497 e. The third kappa shape index (κ3) is 8.67. The lowest BCUT2D eigenvalue weighted by Crippen LogP contribution is -2.48. The van der Waals surface area contributed by atoms with Gasteiger partial charge >= 0.3 is 11.9 Å². The Hall–Kier alpha value is -5.69. The number of fused-ring (bicyclic) bond motifs is 1. The maximum Gasteiger partial charge on any atom is 0.328 e. The van der Waals surface area contributed by atoms with Crippen LogP contribution in [0.1, 0.15) is 26.4 Å². The molecule has 4 aromatic rings. The Bertz CT molecular complexity index is 1690. The van der Waals surface area contributed by atoms with Crippen LogP contribution in [0, 0.1) is 0 Å². The number of hydrogen-bond acceptors (Lipinski definition) is 8. The molecule has 4 N–H and O–H groups in total. The predicted octanol–water partition coefficient (Wildman–Crippen LogP) is 3.14. The van der Waals surface area contributed by atoms with Gasteiger partial charge < -0.3 is 34.9 Å². The summed E-state index contributed by atoms with van der Waals surface area (Å²) in [6, 6.07) is 18.8. The summed E-state index contributed by atoms with van der Waals surface area (Å²) in [5, 5.41) is 16.5. The summed E-state index contributed by atoms with van der Waals surface area (Å²) in [7, 11) is 3.57. The molecule has 0 unspecified atom stereocenters. The zero-order valence-corrected chi connectivity index (χ0v) is 24.8. The van der Waals surface area contributed by atoms with Crippen LogP contribution in [0.2, 0.25) is 0 Å². The first-order valence-electron chi connectivity index (χ1n) is 13.9. The average molecular weight is 616 g/mol. The van der Waals surface area contributed by atoms with E-state index < -0.39 is 17.8 Å². The molecule has 0 bridgehead atoms. The molecule has 13 nitrogen and oxygen atoms in total. The highest BCUT2D eigenvalue weighted by Gasteiger charge is 2.25. The number of benzene rings is 2. The van der Waals surface area contributed by atoms with Crippen molar-refractivity contribution in [3.05, 3.63) is 95.8 Å². The Balaban J connectivity index is 0.000000510. The Labute approximate surface area is 258 Å². The molecule has 0 saturated carbocycles. The first kappa shape index (κ1) is 32.2. The highest BCUT2D eigenvalue weighted by molar-refractivity contribution is 5.99. The Morgan fingerprint density at radius 1 is 0.889 bits per heavy atom. The molecular weight excluding hydrogens is 582 g/mol. The van der Waals surface area contributed by atoms with Crippen molar-refractivity contribution in [1.82, 2.24) is 19.4 Å². The number of carboxylic acid groups (broad SMARTS) is 2. The van der Waals surface area contributed by atoms with Crippen molar-refractivity contribution in [2.24, 2.45) is 12.8 Å². The Morgan fingerprint density at radius 2 is 1.53 bits per heavy atom. The van der Waals surface area contributed by atoms with E-state index in [1.165, 1.54) is 11.8 Å². The van der Waals surface area contributed by atoms with Crippen LogP contribution in [0.3, 0.4) is 0 Å². The number of methoxy groups -OCH3 is 1. The van der Waals surface area contributed by atoms with Gasteiger partial charge in [-0.3, -0.25) is 14.5 Å². The van der Waals surface area contributed by atoms with Crippen LogP contribution in [0.15, 0.2) is 79.0 Å². The van der Waals surface area contributed by atoms with Gasteiger partial charge in [-0.05, 0) is 48.0 Å². The summed E-state index contributed by atoms with van der Waals surface area (Å²) >= 11 is 0. The van der Waals surface area contributed by atoms with Crippen LogP contribution >= 0.6 is 0 Å². The topological polar surface area (TPSA) is 178 Å². The molecule has 0 atom stereocenters. The second-order valence-electron chi connectivity index (χ2n) is 10.1. The lowest BCUT2D eigenvalue weighted by atomic mass is 10.2. The molecule has 234 valence electrons. The standard InChI is InChI=1S/C28H29N5O4.C4H4O4/c1-31-24-9-8-23(37-26-10-5-20(17-30-26)27(29)34)15-21(24)16-25(31)28(35)33-13-11-32(12-14-33)18-19-3-6-22(36-2)7-4-19;5-3(6)1-2-4(7)8/h3-10,15-17H,11-14,18H2,1-2H3,(H2,29,34);1-2H,(H,5,6)(H,7,8)/b;2-1-. The summed E-state index contributed by atoms with van der Waals surface area (Å²) in [6.07, 6.45) is 2.50. The van der Waals surface area contributed by atoms with Gasteiger partial charge in [0.15, 0.2) is 0 Å². The fourth-order valence-corrected chi connectivity index (χ4v) is 4.71. The van der Waals surface area contributed by atoms with Crippen molar-refractivity contribution >= 4 is 34.7 Å². The minimum absolute atomic E-state index is 0.0222. The van der Waals surface area contributed by atoms with Crippen LogP contribution in [0.5, 0.6) is 17.4 Å². The van der Waals surface area contributed by atoms with Gasteiger partial charge in [-0.1, -0.05) is 12.1 Å². The van der Waals surface area contributed by atoms with Crippen LogP contribution < -0.4 is 15.2 Å². The number of primary amides is 1. The monoisotopic (exact) mass is 615 g/mol. The number of amides is 2. The number of aryl methyl sites for hydroxylation is 1. The molecule has 1 aliphatic rings. The molecule has 0 radical (unpaired) electrons. The molecule has 1 aliphatic heterocycles. The smallest absolute Gasteiger partial charge is 0.328 e. The number of carbonyl (C=O) groups is 4. The fourth-order valence-electron chi connectivity index (χ4n) is 4.71. The normalized spacial score (nSPS) is 13.2. The van der Waals surface area contributed by atoms with Crippen LogP contribution in [0.25, 0.3) is 10.9 Å². The van der Waals surface area contributed by atoms with Gasteiger partial charge in [0.2, 0.25) is 11.8 Å². The zero-order chi connectivity index (χ0) is 32.5. The number of nitrogens with zero attached hydrogens (tertiary/aromatic N) is 4. The van der Waals surface area contributed by atoms with Crippen molar-refractivity contribution < 1.29 is 38.9 Å². The highest BCUT2D eigenvalue weighted by Crippen LogP contribution is 2.27. The maximum absolute atomic E-state index is 13.4. The minimum Gasteiger partial charge on any atom is -0.497 e. The Kier molecular flexibility index (Phi) is 10.5. The van der Waals surface area contributed by atoms with Gasteiger partial charge in [0.1, 0.15) is 17.2 Å². The van der Waals surface area contributed by atoms with Crippen LogP contribution in [0.4, 0.5) is 0 Å². The SMILES string of the molecule is COc1ccc(CN2CCN(C(=O)c3cc4cc(Oc5ccc(C(N)=O)cn5)ccc4n3C)CC2)cc1.O=C(O)/C=C\C(=O)O. The number of ether oxygens (including phenoxy) is 2. The molecule has 1 saturated heterocycles. The third-order valence-corrected chi connectivity index (χ3v) is 7.07. The minimum atomic E-state index is -1.26. The van der Waals surface area contributed by atoms with Crippen molar-refractivity contribution in [3.63, 3.8) is 0 Å². The van der Waals surface area contributed by atoms with E-state index in [-0.39, 0.29) is 5.91 Å². The second kappa shape index (κ2) is 14.7. The van der Waals surface area contributed by atoms with Gasteiger partial charge in [-0.25, -0.2) is 14.6 Å². The number of piperazine rings is 1. The molecule has 45 heavy (non-hydrogen) atoms. The summed E-state index contributed by atoms with van der Waals surface area (Å²) in [5.41, 5.74) is 8.38. The number of rotatable bonds is 9. The highest BCUT2D eigenvalue weighted by atomic mass is 16.5. The van der Waals surface area contributed by atoms with Gasteiger partial charge in [-0.15, -0.1) is 0 Å². The predicted molar refractivity (Wildman–Crippen MR) is 164 cm³/mol. The molecule has 1 fully saturated rings. The Morgan fingerprint density at radius 3 is 2.09 bits per heavy atom. The first-order valence-corrected chi connectivity index (χ1v) is 13.9. The number of carbonyl (C=O) groups excluding carboxylic acids is 2. The average Bonchev–Trinajstić information content (AvgIpc) is 3.36. The molecule has 0 aliphatic carbocycles. The quantitative estimate of drug-likeness (QED) is 0.237. The van der Waals surface area contributed by atoms with Crippen molar-refractivity contribution in [2.75, 3.05) is 33.3 Å². The van der Waals surface area contributed by atoms with Crippen LogP contribution in [-0.4, -0.2) is 86.6 Å². The van der Waals surface area contributed by atoms with Gasteiger partial charge in [-0.2, -0.15) is 0 Å². The first-order chi connectivity index (χ1) is 21.5. The lowest BCUT2D eigenvalue weighted by molar-refractivity contribution is -0.134. The summed E-state index contributed by atoms with van der Waals surface area (Å²) in [5.74, 6) is -1.25. The molecule has 0 spiro atoms. The molecule has 3 heterocycles. The number of nitrogens with two attached hydrogens (primary N) is 1. The van der Waals surface area contributed by atoms with E-state index in [2.05, 4.69) is 22.0 Å². The summed E-state index contributed by atoms with van der Waals surface area (Å²) in [4.78, 5) is 52.1. The van der Waals surface area contributed by atoms with E-state index >= 15 is 0 Å². The third-order valence-electron chi connectivity index (χ3n) is 7.07. The zero-order valence-electron chi connectivity index (χ0n) is 24.8. The lowest BCUT2D eigenvalue weighted by Gasteiger charge is -2.34. The molecular formula is C32H33N5O8. The second-order valence-corrected chi connectivity index (χ2v) is 10.1. The van der Waals surface area contributed by atoms with Gasteiger partial charge in [0.05, 0.1) is 12.7 Å². The number of pyridine rings is 1. The van der Waals surface area contributed by atoms with E-state index in [0.717, 1.165) is 36.3 Å². The number of aromatic nitrogens is 2. The number of carboxylic acids is 2.